The lowest BCUT2D eigenvalue weighted by Crippen LogP contribution is -2.17. The first-order valence-electron chi connectivity index (χ1n) is 6.18. The SMILES string of the molecule is CC(C)C(C)n1nnc(C(=O)O)c1CC1CC1. The van der Waals surface area contributed by atoms with Gasteiger partial charge >= 0.3 is 5.97 Å². The van der Waals surface area contributed by atoms with Gasteiger partial charge in [-0.3, -0.25) is 0 Å². The molecule has 0 amide bonds. The summed E-state index contributed by atoms with van der Waals surface area (Å²) in [6.07, 6.45) is 3.19. The number of rotatable bonds is 5. The van der Waals surface area contributed by atoms with E-state index in [1.165, 1.54) is 12.8 Å². The number of carboxylic acid groups (broad SMARTS) is 1. The third-order valence-electron chi connectivity index (χ3n) is 3.52. The van der Waals surface area contributed by atoms with Crippen LogP contribution in [-0.2, 0) is 6.42 Å². The second kappa shape index (κ2) is 4.47. The van der Waals surface area contributed by atoms with Crippen LogP contribution < -0.4 is 0 Å². The molecule has 1 atom stereocenters. The maximum atomic E-state index is 11.1. The first kappa shape index (κ1) is 12.1. The number of hydrogen-bond acceptors (Lipinski definition) is 3. The number of hydrogen-bond donors (Lipinski definition) is 1. The molecule has 1 fully saturated rings. The first-order valence-corrected chi connectivity index (χ1v) is 6.18. The molecule has 17 heavy (non-hydrogen) atoms. The van der Waals surface area contributed by atoms with Crippen molar-refractivity contribution in [2.75, 3.05) is 0 Å². The Kier molecular flexibility index (Phi) is 3.17. The summed E-state index contributed by atoms with van der Waals surface area (Å²) in [7, 11) is 0. The van der Waals surface area contributed by atoms with Crippen molar-refractivity contribution in [1.82, 2.24) is 15.0 Å². The van der Waals surface area contributed by atoms with Gasteiger partial charge in [-0.1, -0.05) is 19.1 Å². The van der Waals surface area contributed by atoms with Gasteiger partial charge < -0.3 is 5.11 Å². The fourth-order valence-electron chi connectivity index (χ4n) is 1.87. The normalized spacial score (nSPS) is 17.4. The number of nitrogens with zero attached hydrogens (tertiary/aromatic N) is 3. The van der Waals surface area contributed by atoms with Gasteiger partial charge in [-0.2, -0.15) is 0 Å². The Morgan fingerprint density at radius 2 is 2.12 bits per heavy atom. The van der Waals surface area contributed by atoms with Crippen LogP contribution in [0.15, 0.2) is 0 Å². The quantitative estimate of drug-likeness (QED) is 0.852. The van der Waals surface area contributed by atoms with Crippen LogP contribution in [0.25, 0.3) is 0 Å². The van der Waals surface area contributed by atoms with Crippen LogP contribution in [0.4, 0.5) is 0 Å². The zero-order valence-corrected chi connectivity index (χ0v) is 10.6. The van der Waals surface area contributed by atoms with Crippen molar-refractivity contribution in [3.63, 3.8) is 0 Å². The lowest BCUT2D eigenvalue weighted by atomic mass is 10.1. The summed E-state index contributed by atoms with van der Waals surface area (Å²) in [5.74, 6) is 0.0730. The van der Waals surface area contributed by atoms with E-state index in [1.807, 2.05) is 0 Å². The van der Waals surface area contributed by atoms with Gasteiger partial charge in [0.1, 0.15) is 0 Å². The van der Waals surface area contributed by atoms with E-state index >= 15 is 0 Å². The third kappa shape index (κ3) is 2.48. The van der Waals surface area contributed by atoms with Crippen molar-refractivity contribution in [2.24, 2.45) is 11.8 Å². The van der Waals surface area contributed by atoms with Crippen LogP contribution in [0, 0.1) is 11.8 Å². The van der Waals surface area contributed by atoms with Crippen molar-refractivity contribution in [3.05, 3.63) is 11.4 Å². The minimum absolute atomic E-state index is 0.129. The molecule has 0 saturated heterocycles. The van der Waals surface area contributed by atoms with Crippen LogP contribution in [0.1, 0.15) is 55.8 Å². The van der Waals surface area contributed by atoms with E-state index < -0.39 is 5.97 Å². The van der Waals surface area contributed by atoms with Crippen LogP contribution >= 0.6 is 0 Å². The fourth-order valence-corrected chi connectivity index (χ4v) is 1.87. The van der Waals surface area contributed by atoms with E-state index in [4.69, 9.17) is 5.11 Å². The smallest absolute Gasteiger partial charge is 0.358 e. The van der Waals surface area contributed by atoms with Crippen LogP contribution in [0.5, 0.6) is 0 Å². The van der Waals surface area contributed by atoms with Crippen LogP contribution in [0.3, 0.4) is 0 Å². The molecule has 1 heterocycles. The Morgan fingerprint density at radius 1 is 1.47 bits per heavy atom. The van der Waals surface area contributed by atoms with Crippen molar-refractivity contribution in [1.29, 1.82) is 0 Å². The Labute approximate surface area is 101 Å². The lowest BCUT2D eigenvalue weighted by molar-refractivity contribution is 0.0689. The lowest BCUT2D eigenvalue weighted by Gasteiger charge is -2.18. The summed E-state index contributed by atoms with van der Waals surface area (Å²) < 4.78 is 1.80. The van der Waals surface area contributed by atoms with Crippen LogP contribution in [-0.4, -0.2) is 26.1 Å². The highest BCUT2D eigenvalue weighted by Gasteiger charge is 2.29. The van der Waals surface area contributed by atoms with Gasteiger partial charge in [-0.05, 0) is 38.0 Å². The van der Waals surface area contributed by atoms with Gasteiger partial charge in [-0.15, -0.1) is 5.10 Å². The van der Waals surface area contributed by atoms with E-state index in [0.717, 1.165) is 12.1 Å². The highest BCUT2D eigenvalue weighted by atomic mass is 16.4. The second-order valence-electron chi connectivity index (χ2n) is 5.27. The Bertz CT molecular complexity index is 421. The summed E-state index contributed by atoms with van der Waals surface area (Å²) in [5, 5.41) is 17.0. The third-order valence-corrected chi connectivity index (χ3v) is 3.52. The van der Waals surface area contributed by atoms with E-state index in [-0.39, 0.29) is 11.7 Å². The molecule has 5 heteroatoms. The Balaban J connectivity index is 2.33. The van der Waals surface area contributed by atoms with Crippen molar-refractivity contribution >= 4 is 5.97 Å². The molecule has 0 aromatic carbocycles. The fraction of sp³-hybridized carbons (Fsp3) is 0.750. The molecule has 1 N–H and O–H groups in total. The molecule has 0 spiro atoms. The molecule has 1 aliphatic carbocycles. The minimum Gasteiger partial charge on any atom is -0.476 e. The molecule has 1 saturated carbocycles. The highest BCUT2D eigenvalue weighted by Crippen LogP contribution is 2.34. The summed E-state index contributed by atoms with van der Waals surface area (Å²) in [4.78, 5) is 11.1. The molecule has 0 bridgehead atoms. The summed E-state index contributed by atoms with van der Waals surface area (Å²) in [6, 6.07) is 0.185. The maximum Gasteiger partial charge on any atom is 0.358 e. The van der Waals surface area contributed by atoms with Gasteiger partial charge in [0.25, 0.3) is 0 Å². The van der Waals surface area contributed by atoms with E-state index in [0.29, 0.717) is 11.8 Å². The monoisotopic (exact) mass is 237 g/mol. The number of carbonyl (C=O) groups is 1. The largest absolute Gasteiger partial charge is 0.476 e. The summed E-state index contributed by atoms with van der Waals surface area (Å²) in [5.41, 5.74) is 0.922. The summed E-state index contributed by atoms with van der Waals surface area (Å²) >= 11 is 0. The van der Waals surface area contributed by atoms with E-state index in [2.05, 4.69) is 31.1 Å². The number of aromatic carboxylic acids is 1. The zero-order chi connectivity index (χ0) is 12.6. The highest BCUT2D eigenvalue weighted by molar-refractivity contribution is 5.86. The van der Waals surface area contributed by atoms with Crippen molar-refractivity contribution < 1.29 is 9.90 Å². The molecular formula is C12H19N3O2. The van der Waals surface area contributed by atoms with Gasteiger partial charge in [0.2, 0.25) is 0 Å². The first-order chi connectivity index (χ1) is 8.00. The molecule has 94 valence electrons. The van der Waals surface area contributed by atoms with Crippen molar-refractivity contribution in [2.45, 2.75) is 46.1 Å². The molecule has 1 unspecified atom stereocenters. The predicted molar refractivity (Wildman–Crippen MR) is 63.0 cm³/mol. The second-order valence-corrected chi connectivity index (χ2v) is 5.27. The average molecular weight is 237 g/mol. The van der Waals surface area contributed by atoms with Crippen molar-refractivity contribution in [3.8, 4) is 0 Å². The molecule has 1 aliphatic rings. The van der Waals surface area contributed by atoms with Gasteiger partial charge in [0.05, 0.1) is 11.7 Å². The average Bonchev–Trinajstić information content (AvgIpc) is 2.95. The Morgan fingerprint density at radius 3 is 2.59 bits per heavy atom. The topological polar surface area (TPSA) is 68.0 Å². The predicted octanol–water partition coefficient (Wildman–Crippen LogP) is 2.15. The molecule has 5 nitrogen and oxygen atoms in total. The van der Waals surface area contributed by atoms with E-state index in [1.54, 1.807) is 4.68 Å². The van der Waals surface area contributed by atoms with E-state index in [9.17, 15) is 4.79 Å². The molecular weight excluding hydrogens is 218 g/mol. The van der Waals surface area contributed by atoms with Gasteiger partial charge in [-0.25, -0.2) is 9.48 Å². The minimum atomic E-state index is -0.970. The molecule has 0 radical (unpaired) electrons. The van der Waals surface area contributed by atoms with Crippen LogP contribution in [0.2, 0.25) is 0 Å². The Hall–Kier alpha value is -1.39. The van der Waals surface area contributed by atoms with Gasteiger partial charge in [0.15, 0.2) is 5.69 Å². The molecule has 1 aromatic rings. The number of aromatic nitrogens is 3. The zero-order valence-electron chi connectivity index (χ0n) is 10.6. The molecule has 1 aromatic heterocycles. The summed E-state index contributed by atoms with van der Waals surface area (Å²) in [6.45, 7) is 6.27. The van der Waals surface area contributed by atoms with Gasteiger partial charge in [0, 0.05) is 0 Å². The number of carboxylic acids is 1. The molecule has 0 aliphatic heterocycles. The standard InChI is InChI=1S/C12H19N3O2/c1-7(2)8(3)15-10(6-9-4-5-9)11(12(16)17)13-14-15/h7-9H,4-6H2,1-3H3,(H,16,17). The maximum absolute atomic E-state index is 11.1. The molecule has 2 rings (SSSR count).